The third-order valence-corrected chi connectivity index (χ3v) is 19.1. The molecule has 0 radical (unpaired) electrons. The summed E-state index contributed by atoms with van der Waals surface area (Å²) in [5.41, 5.74) is 23.6. The Morgan fingerprint density at radius 2 is 1.39 bits per heavy atom. The van der Waals surface area contributed by atoms with Crippen molar-refractivity contribution in [1.29, 1.82) is 0 Å². The van der Waals surface area contributed by atoms with Crippen LogP contribution in [-0.4, -0.2) is 78.9 Å². The second-order valence-electron chi connectivity index (χ2n) is 23.8. The molecular weight excluding hydrogens is 1040 g/mol. The predicted molar refractivity (Wildman–Crippen MR) is 324 cm³/mol. The Kier molecular flexibility index (Phi) is 14.1. The third-order valence-electron chi connectivity index (χ3n) is 19.1. The summed E-state index contributed by atoms with van der Waals surface area (Å²) >= 11 is 0. The summed E-state index contributed by atoms with van der Waals surface area (Å²) in [7, 11) is 0. The van der Waals surface area contributed by atoms with Crippen LogP contribution in [0.2, 0.25) is 0 Å². The highest BCUT2D eigenvalue weighted by atomic mass is 16.6. The maximum absolute atomic E-state index is 14.0. The van der Waals surface area contributed by atoms with Crippen LogP contribution in [0.5, 0.6) is 0 Å². The van der Waals surface area contributed by atoms with E-state index in [-0.39, 0.29) is 85.3 Å². The van der Waals surface area contributed by atoms with Crippen molar-refractivity contribution in [1.82, 2.24) is 25.3 Å². The number of ether oxygens (including phenoxy) is 2. The zero-order valence-corrected chi connectivity index (χ0v) is 49.4. The summed E-state index contributed by atoms with van der Waals surface area (Å²) < 4.78 is 11.5. The summed E-state index contributed by atoms with van der Waals surface area (Å²) in [6, 6.07) is 6.09. The van der Waals surface area contributed by atoms with E-state index in [1.807, 2.05) is 51.1 Å². The van der Waals surface area contributed by atoms with Crippen molar-refractivity contribution in [2.45, 2.75) is 151 Å². The van der Waals surface area contributed by atoms with Gasteiger partial charge in [0.25, 0.3) is 0 Å². The number of Topliss-reactive ketones (excluding diaryl/α,β-unsaturated/α-hetero) is 2. The standard InChI is InChI=1S/C68H72N8O7/c1-13-39-30(4)46-24-49-33(7)42(65(73-49)44-22-58(78)63-36(10)52(75-67(44)63)27-55-40(14-2)31(5)47(70-55)26-54(39)69-46)16-18-60(80)82-20-21-83-61(81)19-17-43-34(8)50-25-51-35(9)62(38(12)77)57(72-51)29-48-32(6)41(15-3)56(71-48)28-53-37(11)64-59(79)23-45(66(43)74-50)68(64)76-53/h13,24-29,32-34,41-43,72-73,76,78H,1,14-23H2,2-12H3/t32-,33+,34+,41-,42+,43+/m1/s1. The number of aryl methyl sites for hydroxylation is 2. The first kappa shape index (κ1) is 55.2. The van der Waals surface area contributed by atoms with Crippen molar-refractivity contribution in [2.75, 3.05) is 13.2 Å². The number of nitrogens with one attached hydrogen (secondary N) is 3. The lowest BCUT2D eigenvalue weighted by Crippen LogP contribution is -2.18. The largest absolute Gasteiger partial charge is 0.511 e. The fourth-order valence-electron chi connectivity index (χ4n) is 14.3. The molecule has 16 bridgehead atoms. The van der Waals surface area contributed by atoms with Crippen molar-refractivity contribution in [3.8, 4) is 0 Å². The molecule has 2 aliphatic carbocycles. The van der Waals surface area contributed by atoms with Crippen LogP contribution in [0.1, 0.15) is 191 Å². The lowest BCUT2D eigenvalue weighted by Gasteiger charge is -2.18. The van der Waals surface area contributed by atoms with Crippen LogP contribution in [-0.2, 0) is 25.5 Å². The number of esters is 2. The molecule has 83 heavy (non-hydrogen) atoms. The molecule has 7 aliphatic heterocycles. The predicted octanol–water partition coefficient (Wildman–Crippen LogP) is 13.6. The quantitative estimate of drug-likeness (QED) is 0.0722. The number of hydrogen-bond donors (Lipinski definition) is 4. The first-order valence-electron chi connectivity index (χ1n) is 29.5. The molecule has 426 valence electrons. The molecule has 6 atom stereocenters. The number of fused-ring (bicyclic) bond motifs is 13. The molecule has 1 fully saturated rings. The van der Waals surface area contributed by atoms with Gasteiger partial charge in [-0.1, -0.05) is 47.3 Å². The van der Waals surface area contributed by atoms with Gasteiger partial charge in [-0.2, -0.15) is 0 Å². The highest BCUT2D eigenvalue weighted by Gasteiger charge is 2.42. The number of aromatic amines is 2. The normalized spacial score (nSPS) is 23.2. The van der Waals surface area contributed by atoms with E-state index in [9.17, 15) is 24.3 Å². The van der Waals surface area contributed by atoms with Gasteiger partial charge in [-0.3, -0.25) is 29.1 Å². The van der Waals surface area contributed by atoms with Crippen LogP contribution >= 0.6 is 0 Å². The van der Waals surface area contributed by atoms with Crippen molar-refractivity contribution >= 4 is 62.7 Å². The smallest absolute Gasteiger partial charge is 0.305 e. The zero-order chi connectivity index (χ0) is 58.6. The van der Waals surface area contributed by atoms with E-state index in [0.717, 1.165) is 153 Å². The molecule has 0 saturated carbocycles. The first-order chi connectivity index (χ1) is 39.8. The van der Waals surface area contributed by atoms with Crippen molar-refractivity contribution in [3.63, 3.8) is 0 Å². The Balaban J connectivity index is 0.758. The molecule has 0 amide bonds. The number of ketones is 2. The molecule has 0 spiro atoms. The Bertz CT molecular complexity index is 4060. The van der Waals surface area contributed by atoms with E-state index in [1.54, 1.807) is 6.92 Å². The summed E-state index contributed by atoms with van der Waals surface area (Å²) in [5.74, 6) is -0.946. The number of carbonyl (C=O) groups excluding carboxylic acids is 4. The van der Waals surface area contributed by atoms with Gasteiger partial charge >= 0.3 is 11.9 Å². The van der Waals surface area contributed by atoms with E-state index in [2.05, 4.69) is 82.5 Å². The van der Waals surface area contributed by atoms with Gasteiger partial charge in [0.2, 0.25) is 0 Å². The second kappa shape index (κ2) is 21.1. The number of H-pyrrole nitrogens is 2. The minimum atomic E-state index is -0.434. The molecule has 1 saturated heterocycles. The lowest BCUT2D eigenvalue weighted by atomic mass is 9.85. The van der Waals surface area contributed by atoms with Gasteiger partial charge in [0.15, 0.2) is 11.6 Å². The summed E-state index contributed by atoms with van der Waals surface area (Å²) in [6.45, 7) is 26.3. The number of rotatable bonds is 13. The van der Waals surface area contributed by atoms with Gasteiger partial charge in [0, 0.05) is 134 Å². The zero-order valence-electron chi connectivity index (χ0n) is 49.4. The number of carbonyl (C=O) groups is 4. The lowest BCUT2D eigenvalue weighted by molar-refractivity contribution is -0.152. The van der Waals surface area contributed by atoms with Crippen molar-refractivity contribution < 1.29 is 33.8 Å². The van der Waals surface area contributed by atoms with Crippen LogP contribution in [0, 0.1) is 25.7 Å². The number of allylic oxidation sites excluding steroid dienone is 12. The molecular formula is C68H72N8O7. The number of aliphatic imine (C=N–C) groups is 3. The molecule has 3 aromatic rings. The second-order valence-corrected chi connectivity index (χ2v) is 23.8. The van der Waals surface area contributed by atoms with Gasteiger partial charge in [-0.05, 0) is 137 Å². The molecule has 0 aromatic carbocycles. The van der Waals surface area contributed by atoms with Gasteiger partial charge < -0.3 is 29.9 Å². The molecule has 15 heteroatoms. The van der Waals surface area contributed by atoms with Gasteiger partial charge in [0.1, 0.15) is 19.0 Å². The molecule has 10 heterocycles. The first-order valence-corrected chi connectivity index (χ1v) is 29.5. The van der Waals surface area contributed by atoms with Crippen LogP contribution in [0.4, 0.5) is 0 Å². The average Bonchev–Trinajstić information content (AvgIpc) is 2.12. The fourth-order valence-corrected chi connectivity index (χ4v) is 14.3. The van der Waals surface area contributed by atoms with Crippen LogP contribution in [0.25, 0.3) is 22.1 Å². The minimum Gasteiger partial charge on any atom is -0.511 e. The van der Waals surface area contributed by atoms with E-state index < -0.39 is 11.9 Å². The molecule has 3 aromatic heterocycles. The monoisotopic (exact) mass is 1110 g/mol. The Labute approximate surface area is 483 Å². The van der Waals surface area contributed by atoms with E-state index >= 15 is 0 Å². The highest BCUT2D eigenvalue weighted by Crippen LogP contribution is 2.48. The maximum atomic E-state index is 14.0. The summed E-state index contributed by atoms with van der Waals surface area (Å²) in [6.07, 6.45) is 11.2. The van der Waals surface area contributed by atoms with Gasteiger partial charge in [-0.25, -0.2) is 15.0 Å². The Hall–Kier alpha value is -8.33. The topological polar surface area (TPSA) is 213 Å². The van der Waals surface area contributed by atoms with Crippen molar-refractivity contribution in [2.24, 2.45) is 26.8 Å². The Morgan fingerprint density at radius 3 is 2.08 bits per heavy atom. The van der Waals surface area contributed by atoms with Gasteiger partial charge in [-0.15, -0.1) is 0 Å². The van der Waals surface area contributed by atoms with Crippen LogP contribution in [0.3, 0.4) is 0 Å². The molecule has 12 rings (SSSR count). The molecule has 4 N–H and O–H groups in total. The van der Waals surface area contributed by atoms with Crippen LogP contribution in [0.15, 0.2) is 137 Å². The number of hydrogen-bond acceptors (Lipinski definition) is 13. The minimum absolute atomic E-state index is 0.0243. The average molecular weight is 1110 g/mol. The SMILES string of the molecule is C=CC1=C(C)C2=NC1=CC1=NC(=CC3=C(C)C4=C(O)CC(=C5NC(=C2)[C@@H](C)[C@@H]5CCC(=O)OCCOC(=O)CC[C@@H]2c5nc(cc6[nH]c(cc7nc(cc8[nH]c9c5CC(=O)c9c8C)[C@H](CC)[C@H]7C)c(C(C)=O)c6C)[C@H]2C)C4=N3)C(CC)=C1C. The van der Waals surface area contributed by atoms with E-state index in [4.69, 9.17) is 34.4 Å². The molecule has 15 nitrogen and oxygen atoms in total. The summed E-state index contributed by atoms with van der Waals surface area (Å²) in [4.78, 5) is 87.5. The number of aliphatic hydroxyl groups excluding tert-OH is 1. The fraction of sp³-hybridized carbons (Fsp3) is 0.397. The highest BCUT2D eigenvalue weighted by molar-refractivity contribution is 6.21. The molecule has 0 unspecified atom stereocenters. The number of aromatic nitrogens is 4. The third kappa shape index (κ3) is 9.21. The molecule has 9 aliphatic rings. The number of aliphatic hydroxyl groups is 1. The van der Waals surface area contributed by atoms with E-state index in [0.29, 0.717) is 35.9 Å². The van der Waals surface area contributed by atoms with Gasteiger partial charge in [0.05, 0.1) is 51.0 Å². The van der Waals surface area contributed by atoms with Crippen LogP contribution < -0.4 is 5.32 Å². The summed E-state index contributed by atoms with van der Waals surface area (Å²) in [5, 5.41) is 15.3. The maximum Gasteiger partial charge on any atom is 0.305 e. The van der Waals surface area contributed by atoms with Crippen molar-refractivity contribution in [3.05, 3.63) is 173 Å². The Morgan fingerprint density at radius 1 is 0.735 bits per heavy atom. The van der Waals surface area contributed by atoms with E-state index in [1.165, 1.54) is 0 Å². The number of nitrogens with zero attached hydrogens (tertiary/aromatic N) is 5.